The molecular formula is C14H17N3O4S. The van der Waals surface area contributed by atoms with Gasteiger partial charge in [0, 0.05) is 24.8 Å². The van der Waals surface area contributed by atoms with Crippen LogP contribution >= 0.6 is 0 Å². The van der Waals surface area contributed by atoms with Crippen LogP contribution in [0.15, 0.2) is 29.2 Å². The number of carboxylic acids is 1. The molecule has 0 atom stereocenters. The van der Waals surface area contributed by atoms with Crippen molar-refractivity contribution in [1.29, 1.82) is 0 Å². The summed E-state index contributed by atoms with van der Waals surface area (Å²) in [5.74, 6) is -1.10. The summed E-state index contributed by atoms with van der Waals surface area (Å²) >= 11 is 0. The van der Waals surface area contributed by atoms with Crippen molar-refractivity contribution >= 4 is 16.0 Å². The average molecular weight is 323 g/mol. The Labute approximate surface area is 128 Å². The topological polar surface area (TPSA) is 101 Å². The molecule has 0 aliphatic rings. The zero-order valence-electron chi connectivity index (χ0n) is 12.5. The zero-order chi connectivity index (χ0) is 16.5. The molecule has 22 heavy (non-hydrogen) atoms. The minimum absolute atomic E-state index is 0.0247. The van der Waals surface area contributed by atoms with Gasteiger partial charge in [0.15, 0.2) is 0 Å². The number of aromatic carboxylic acids is 1. The van der Waals surface area contributed by atoms with Gasteiger partial charge in [-0.2, -0.15) is 5.10 Å². The second kappa shape index (κ2) is 5.90. The lowest BCUT2D eigenvalue weighted by Crippen LogP contribution is -2.24. The van der Waals surface area contributed by atoms with Crippen LogP contribution in [0.3, 0.4) is 0 Å². The number of nitrogens with one attached hydrogen (secondary N) is 1. The number of benzene rings is 1. The van der Waals surface area contributed by atoms with Crippen LogP contribution in [0.4, 0.5) is 0 Å². The summed E-state index contributed by atoms with van der Waals surface area (Å²) in [6, 6.07) is 5.07. The first-order chi connectivity index (χ1) is 10.2. The summed E-state index contributed by atoms with van der Waals surface area (Å²) in [6.45, 7) is 3.82. The highest BCUT2D eigenvalue weighted by Gasteiger charge is 2.17. The first kappa shape index (κ1) is 16.2. The van der Waals surface area contributed by atoms with E-state index in [4.69, 9.17) is 5.11 Å². The van der Waals surface area contributed by atoms with Crippen molar-refractivity contribution in [3.63, 3.8) is 0 Å². The molecule has 0 spiro atoms. The maximum atomic E-state index is 12.2. The van der Waals surface area contributed by atoms with Gasteiger partial charge in [0.25, 0.3) is 0 Å². The Hall–Kier alpha value is -2.19. The number of sulfonamides is 1. The van der Waals surface area contributed by atoms with Gasteiger partial charge < -0.3 is 5.11 Å². The van der Waals surface area contributed by atoms with Gasteiger partial charge in [-0.3, -0.25) is 4.68 Å². The Balaban J connectivity index is 2.19. The molecule has 0 radical (unpaired) electrons. The fourth-order valence-corrected chi connectivity index (χ4v) is 3.10. The van der Waals surface area contributed by atoms with Crippen molar-refractivity contribution in [2.24, 2.45) is 7.05 Å². The molecule has 0 saturated carbocycles. The smallest absolute Gasteiger partial charge is 0.335 e. The van der Waals surface area contributed by atoms with E-state index < -0.39 is 16.0 Å². The zero-order valence-corrected chi connectivity index (χ0v) is 13.3. The molecule has 8 heteroatoms. The van der Waals surface area contributed by atoms with E-state index in [1.165, 1.54) is 24.3 Å². The van der Waals surface area contributed by atoms with Crippen LogP contribution in [-0.4, -0.2) is 29.3 Å². The number of carbonyl (C=O) groups is 1. The number of hydrogen-bond donors (Lipinski definition) is 2. The number of aromatic nitrogens is 2. The summed E-state index contributed by atoms with van der Waals surface area (Å²) in [6.07, 6.45) is 0. The lowest BCUT2D eigenvalue weighted by atomic mass is 10.2. The summed E-state index contributed by atoms with van der Waals surface area (Å²) in [4.78, 5) is 10.8. The van der Waals surface area contributed by atoms with Crippen LogP contribution in [0.1, 0.15) is 27.3 Å². The van der Waals surface area contributed by atoms with Crippen LogP contribution < -0.4 is 4.72 Å². The molecule has 1 heterocycles. The third-order valence-corrected chi connectivity index (χ3v) is 4.93. The Morgan fingerprint density at radius 3 is 2.32 bits per heavy atom. The predicted octanol–water partition coefficient (Wildman–Crippen LogP) is 1.21. The number of rotatable bonds is 5. The maximum Gasteiger partial charge on any atom is 0.335 e. The molecule has 0 aliphatic heterocycles. The third-order valence-electron chi connectivity index (χ3n) is 3.51. The molecule has 0 fully saturated rings. The van der Waals surface area contributed by atoms with Gasteiger partial charge in [-0.1, -0.05) is 0 Å². The van der Waals surface area contributed by atoms with E-state index in [1.807, 2.05) is 13.8 Å². The highest BCUT2D eigenvalue weighted by molar-refractivity contribution is 7.89. The van der Waals surface area contributed by atoms with Crippen molar-refractivity contribution in [2.45, 2.75) is 25.3 Å². The molecule has 0 amide bonds. The van der Waals surface area contributed by atoms with Gasteiger partial charge >= 0.3 is 5.97 Å². The number of nitrogens with zero attached hydrogens (tertiary/aromatic N) is 2. The Bertz CT molecular complexity index is 807. The third kappa shape index (κ3) is 3.18. The molecule has 1 aromatic heterocycles. The van der Waals surface area contributed by atoms with Crippen molar-refractivity contribution in [3.05, 3.63) is 46.8 Å². The number of aryl methyl sites for hydroxylation is 2. The van der Waals surface area contributed by atoms with Crippen LogP contribution in [0.25, 0.3) is 0 Å². The minimum atomic E-state index is -3.71. The van der Waals surface area contributed by atoms with Crippen molar-refractivity contribution < 1.29 is 18.3 Å². The highest BCUT2D eigenvalue weighted by atomic mass is 32.2. The van der Waals surface area contributed by atoms with Gasteiger partial charge in [-0.15, -0.1) is 0 Å². The SMILES string of the molecule is Cc1nn(C)c(C)c1CNS(=O)(=O)c1ccc(C(=O)O)cc1. The molecule has 1 aromatic carbocycles. The van der Waals surface area contributed by atoms with Crippen LogP contribution in [-0.2, 0) is 23.6 Å². The molecule has 0 bridgehead atoms. The second-order valence-electron chi connectivity index (χ2n) is 4.93. The van der Waals surface area contributed by atoms with Crippen molar-refractivity contribution in [1.82, 2.24) is 14.5 Å². The fourth-order valence-electron chi connectivity index (χ4n) is 2.10. The molecule has 2 aromatic rings. The van der Waals surface area contributed by atoms with Crippen LogP contribution in [0, 0.1) is 13.8 Å². The van der Waals surface area contributed by atoms with Gasteiger partial charge in [-0.25, -0.2) is 17.9 Å². The van der Waals surface area contributed by atoms with Gasteiger partial charge in [0.05, 0.1) is 16.2 Å². The lowest BCUT2D eigenvalue weighted by molar-refractivity contribution is 0.0696. The summed E-state index contributed by atoms with van der Waals surface area (Å²) in [5.41, 5.74) is 2.52. The molecule has 0 unspecified atom stereocenters. The monoisotopic (exact) mass is 323 g/mol. The highest BCUT2D eigenvalue weighted by Crippen LogP contribution is 2.14. The molecule has 2 rings (SSSR count). The minimum Gasteiger partial charge on any atom is -0.478 e. The van der Waals surface area contributed by atoms with Gasteiger partial charge in [-0.05, 0) is 38.1 Å². The summed E-state index contributed by atoms with van der Waals surface area (Å²) in [5, 5.41) is 13.1. The Morgan fingerprint density at radius 1 is 1.27 bits per heavy atom. The number of hydrogen-bond acceptors (Lipinski definition) is 4. The van der Waals surface area contributed by atoms with E-state index in [0.717, 1.165) is 17.0 Å². The van der Waals surface area contributed by atoms with Crippen LogP contribution in [0.2, 0.25) is 0 Å². The van der Waals surface area contributed by atoms with Gasteiger partial charge in [0.1, 0.15) is 0 Å². The molecule has 0 aliphatic carbocycles. The first-order valence-electron chi connectivity index (χ1n) is 6.54. The quantitative estimate of drug-likeness (QED) is 0.861. The molecule has 118 valence electrons. The van der Waals surface area contributed by atoms with E-state index in [2.05, 4.69) is 9.82 Å². The summed E-state index contributed by atoms with van der Waals surface area (Å²) in [7, 11) is -1.91. The predicted molar refractivity (Wildman–Crippen MR) is 80.1 cm³/mol. The standard InChI is InChI=1S/C14H17N3O4S/c1-9-13(10(2)17(3)16-9)8-15-22(20,21)12-6-4-11(5-7-12)14(18)19/h4-7,15H,8H2,1-3H3,(H,18,19). The fraction of sp³-hybridized carbons (Fsp3) is 0.286. The number of carboxylic acid groups (broad SMARTS) is 1. The van der Waals surface area contributed by atoms with Gasteiger partial charge in [0.2, 0.25) is 10.0 Å². The van der Waals surface area contributed by atoms with E-state index in [1.54, 1.807) is 11.7 Å². The normalized spacial score (nSPS) is 11.6. The van der Waals surface area contributed by atoms with Crippen molar-refractivity contribution in [2.75, 3.05) is 0 Å². The summed E-state index contributed by atoms with van der Waals surface area (Å²) < 4.78 is 28.7. The Kier molecular flexibility index (Phi) is 4.34. The van der Waals surface area contributed by atoms with E-state index in [0.29, 0.717) is 0 Å². The Morgan fingerprint density at radius 2 is 1.86 bits per heavy atom. The van der Waals surface area contributed by atoms with Crippen LogP contribution in [0.5, 0.6) is 0 Å². The molecular weight excluding hydrogens is 306 g/mol. The molecule has 0 saturated heterocycles. The van der Waals surface area contributed by atoms with E-state index >= 15 is 0 Å². The van der Waals surface area contributed by atoms with E-state index in [-0.39, 0.29) is 17.0 Å². The first-order valence-corrected chi connectivity index (χ1v) is 8.03. The maximum absolute atomic E-state index is 12.2. The largest absolute Gasteiger partial charge is 0.478 e. The van der Waals surface area contributed by atoms with Crippen molar-refractivity contribution in [3.8, 4) is 0 Å². The molecule has 7 nitrogen and oxygen atoms in total. The second-order valence-corrected chi connectivity index (χ2v) is 6.69. The lowest BCUT2D eigenvalue weighted by Gasteiger charge is -2.07. The average Bonchev–Trinajstić information content (AvgIpc) is 2.70. The van der Waals surface area contributed by atoms with E-state index in [9.17, 15) is 13.2 Å². The molecule has 2 N–H and O–H groups in total.